The van der Waals surface area contributed by atoms with E-state index in [1.165, 1.54) is 6.08 Å². The molecule has 0 fully saturated rings. The number of nitrogens with zero attached hydrogens (tertiary/aromatic N) is 2. The minimum atomic E-state index is -0.236. The highest BCUT2D eigenvalue weighted by molar-refractivity contribution is 6.10. The van der Waals surface area contributed by atoms with Gasteiger partial charge < -0.3 is 15.7 Å². The van der Waals surface area contributed by atoms with Gasteiger partial charge in [-0.05, 0) is 48.4 Å². The van der Waals surface area contributed by atoms with E-state index in [1.807, 2.05) is 31.2 Å². The molecule has 0 saturated heterocycles. The summed E-state index contributed by atoms with van der Waals surface area (Å²) in [7, 11) is 1.66. The average molecular weight is 333 g/mol. The van der Waals surface area contributed by atoms with Gasteiger partial charge in [-0.15, -0.1) is 0 Å². The monoisotopic (exact) mass is 333 g/mol. The molecule has 2 aromatic carbocycles. The molecule has 0 aliphatic rings. The summed E-state index contributed by atoms with van der Waals surface area (Å²) in [6.45, 7) is 5.55. The fraction of sp³-hybridized carbons (Fsp3) is 0.105. The largest absolute Gasteiger partial charge is 0.342 e. The molecule has 6 heteroatoms. The van der Waals surface area contributed by atoms with Gasteiger partial charge in [0.15, 0.2) is 5.84 Å². The van der Waals surface area contributed by atoms with E-state index in [0.717, 1.165) is 28.0 Å². The second kappa shape index (κ2) is 7.00. The third-order valence-electron chi connectivity index (χ3n) is 3.75. The van der Waals surface area contributed by atoms with E-state index in [4.69, 9.17) is 0 Å². The molecule has 3 rings (SSSR count). The lowest BCUT2D eigenvalue weighted by Gasteiger charge is -2.06. The second-order valence-electron chi connectivity index (χ2n) is 5.51. The smallest absolute Gasteiger partial charge is 0.256 e. The third-order valence-corrected chi connectivity index (χ3v) is 3.75. The Balaban J connectivity index is 1.82. The predicted octanol–water partition coefficient (Wildman–Crippen LogP) is 2.99. The van der Waals surface area contributed by atoms with Crippen LogP contribution < -0.4 is 10.7 Å². The highest BCUT2D eigenvalue weighted by atomic mass is 16.1. The molecule has 1 aromatic heterocycles. The van der Waals surface area contributed by atoms with Gasteiger partial charge in [-0.3, -0.25) is 4.79 Å². The number of hydrazone groups is 1. The first kappa shape index (κ1) is 16.4. The zero-order valence-corrected chi connectivity index (χ0v) is 14.1. The van der Waals surface area contributed by atoms with Crippen LogP contribution in [0.5, 0.6) is 0 Å². The number of fused-ring (bicyclic) bond motifs is 1. The van der Waals surface area contributed by atoms with Gasteiger partial charge in [-0.25, -0.2) is 4.98 Å². The number of hydrogen-bond acceptors (Lipinski definition) is 4. The van der Waals surface area contributed by atoms with Crippen LogP contribution in [-0.2, 0) is 0 Å². The second-order valence-corrected chi connectivity index (χ2v) is 5.51. The number of aromatic amines is 1. The van der Waals surface area contributed by atoms with Crippen LogP contribution in [0.2, 0.25) is 0 Å². The first-order chi connectivity index (χ1) is 12.1. The number of benzene rings is 2. The Hall–Kier alpha value is -3.41. The number of imidazole rings is 1. The third kappa shape index (κ3) is 3.58. The Morgan fingerprint density at radius 2 is 1.92 bits per heavy atom. The van der Waals surface area contributed by atoms with Crippen LogP contribution in [0, 0.1) is 6.92 Å². The van der Waals surface area contributed by atoms with Crippen molar-refractivity contribution >= 4 is 22.8 Å². The first-order valence-corrected chi connectivity index (χ1v) is 7.85. The molecule has 6 nitrogen and oxygen atoms in total. The maximum absolute atomic E-state index is 12.2. The molecular weight excluding hydrogens is 314 g/mol. The van der Waals surface area contributed by atoms with E-state index in [9.17, 15) is 4.79 Å². The van der Waals surface area contributed by atoms with Crippen molar-refractivity contribution in [1.29, 1.82) is 0 Å². The molecule has 1 amide bonds. The fourth-order valence-corrected chi connectivity index (χ4v) is 2.56. The van der Waals surface area contributed by atoms with Crippen molar-refractivity contribution in [3.8, 4) is 11.1 Å². The van der Waals surface area contributed by atoms with E-state index in [1.54, 1.807) is 19.2 Å². The van der Waals surface area contributed by atoms with E-state index < -0.39 is 0 Å². The summed E-state index contributed by atoms with van der Waals surface area (Å²) in [5, 5.41) is 6.60. The van der Waals surface area contributed by atoms with Crippen LogP contribution in [0.25, 0.3) is 22.2 Å². The number of nitrogens with one attached hydrogen (secondary N) is 3. The molecule has 0 bridgehead atoms. The van der Waals surface area contributed by atoms with Gasteiger partial charge in [0.25, 0.3) is 5.91 Å². The van der Waals surface area contributed by atoms with Crippen LogP contribution in [-0.4, -0.2) is 28.8 Å². The minimum Gasteiger partial charge on any atom is -0.342 e. The first-order valence-electron chi connectivity index (χ1n) is 7.85. The number of carbonyl (C=O) groups excluding carboxylic acids is 1. The molecule has 0 radical (unpaired) electrons. The van der Waals surface area contributed by atoms with Crippen molar-refractivity contribution in [3.05, 3.63) is 66.5 Å². The Kier molecular flexibility index (Phi) is 4.61. The number of H-pyrrole nitrogens is 1. The normalized spacial score (nSPS) is 11.4. The lowest BCUT2D eigenvalue weighted by atomic mass is 10.0. The number of aromatic nitrogens is 2. The van der Waals surface area contributed by atoms with Crippen molar-refractivity contribution in [2.24, 2.45) is 5.10 Å². The Morgan fingerprint density at radius 1 is 1.20 bits per heavy atom. The summed E-state index contributed by atoms with van der Waals surface area (Å²) in [6.07, 6.45) is 1.48. The molecule has 25 heavy (non-hydrogen) atoms. The Labute approximate surface area is 145 Å². The summed E-state index contributed by atoms with van der Waals surface area (Å²) in [4.78, 5) is 19.9. The number of carbonyl (C=O) groups is 1. The number of amides is 1. The zero-order chi connectivity index (χ0) is 17.8. The molecule has 0 unspecified atom stereocenters. The van der Waals surface area contributed by atoms with Crippen molar-refractivity contribution in [3.63, 3.8) is 0 Å². The van der Waals surface area contributed by atoms with E-state index >= 15 is 0 Å². The van der Waals surface area contributed by atoms with Crippen molar-refractivity contribution in [1.82, 2.24) is 20.7 Å². The number of amidine groups is 1. The lowest BCUT2D eigenvalue weighted by Crippen LogP contribution is -2.30. The predicted molar refractivity (Wildman–Crippen MR) is 100 cm³/mol. The van der Waals surface area contributed by atoms with Gasteiger partial charge in [0.1, 0.15) is 5.82 Å². The summed E-state index contributed by atoms with van der Waals surface area (Å²) in [5.74, 6) is 1.03. The van der Waals surface area contributed by atoms with Crippen LogP contribution in [0.15, 0.2) is 60.2 Å². The topological polar surface area (TPSA) is 82.2 Å². The van der Waals surface area contributed by atoms with Gasteiger partial charge in [0.05, 0.1) is 11.0 Å². The van der Waals surface area contributed by atoms with Crippen molar-refractivity contribution in [2.75, 3.05) is 7.05 Å². The van der Waals surface area contributed by atoms with E-state index in [0.29, 0.717) is 11.4 Å². The maximum Gasteiger partial charge on any atom is 0.256 e. The SMILES string of the molecule is C=C/C(=N\NC)NC(=O)c1ccc(-c2ccc3nc(C)[nH]c3c2)cc1. The van der Waals surface area contributed by atoms with Gasteiger partial charge in [0, 0.05) is 12.6 Å². The molecule has 3 N–H and O–H groups in total. The average Bonchev–Trinajstić information content (AvgIpc) is 3.00. The maximum atomic E-state index is 12.2. The summed E-state index contributed by atoms with van der Waals surface area (Å²) in [6, 6.07) is 13.5. The van der Waals surface area contributed by atoms with E-state index in [-0.39, 0.29) is 5.91 Å². The highest BCUT2D eigenvalue weighted by Gasteiger charge is 2.08. The number of hydrogen-bond donors (Lipinski definition) is 3. The minimum absolute atomic E-state index is 0.236. The van der Waals surface area contributed by atoms with Crippen LogP contribution >= 0.6 is 0 Å². The van der Waals surface area contributed by atoms with Crippen LogP contribution in [0.3, 0.4) is 0 Å². The molecule has 0 aliphatic heterocycles. The summed E-state index contributed by atoms with van der Waals surface area (Å²) in [5.41, 5.74) is 7.19. The van der Waals surface area contributed by atoms with Crippen LogP contribution in [0.1, 0.15) is 16.2 Å². The lowest BCUT2D eigenvalue weighted by molar-refractivity contribution is 0.0977. The molecule has 0 saturated carbocycles. The number of rotatable bonds is 4. The van der Waals surface area contributed by atoms with Gasteiger partial charge in [-0.2, -0.15) is 5.10 Å². The Morgan fingerprint density at radius 3 is 2.60 bits per heavy atom. The van der Waals surface area contributed by atoms with Gasteiger partial charge in [0.2, 0.25) is 0 Å². The van der Waals surface area contributed by atoms with Crippen molar-refractivity contribution in [2.45, 2.75) is 6.92 Å². The molecular formula is C19H19N5O. The molecule has 0 spiro atoms. The standard InChI is InChI=1S/C19H19N5O/c1-4-18(24-20-3)23-19(25)14-7-5-13(6-8-14)15-9-10-16-17(11-15)22-12(2)21-16/h4-11,20H,1H2,2-3H3,(H,21,22)(H,23,24,25). The molecule has 126 valence electrons. The van der Waals surface area contributed by atoms with Crippen molar-refractivity contribution < 1.29 is 4.79 Å². The molecule has 3 aromatic rings. The Bertz CT molecular complexity index is 954. The highest BCUT2D eigenvalue weighted by Crippen LogP contribution is 2.23. The van der Waals surface area contributed by atoms with Crippen LogP contribution in [0.4, 0.5) is 0 Å². The summed E-state index contributed by atoms with van der Waals surface area (Å²) >= 11 is 0. The fourth-order valence-electron chi connectivity index (χ4n) is 2.56. The zero-order valence-electron chi connectivity index (χ0n) is 14.1. The van der Waals surface area contributed by atoms with Gasteiger partial charge in [-0.1, -0.05) is 24.8 Å². The molecule has 0 atom stereocenters. The molecule has 1 heterocycles. The van der Waals surface area contributed by atoms with E-state index in [2.05, 4.69) is 38.5 Å². The van der Waals surface area contributed by atoms with Gasteiger partial charge >= 0.3 is 0 Å². The number of aryl methyl sites for hydroxylation is 1. The summed E-state index contributed by atoms with van der Waals surface area (Å²) < 4.78 is 0. The molecule has 0 aliphatic carbocycles. The quantitative estimate of drug-likeness (QED) is 0.390.